The third kappa shape index (κ3) is 3.67. The van der Waals surface area contributed by atoms with Crippen LogP contribution in [0.4, 0.5) is 0 Å². The van der Waals surface area contributed by atoms with Crippen molar-refractivity contribution in [2.24, 2.45) is 0 Å². The lowest BCUT2D eigenvalue weighted by Crippen LogP contribution is -2.38. The van der Waals surface area contributed by atoms with Crippen molar-refractivity contribution in [1.82, 2.24) is 5.32 Å². The summed E-state index contributed by atoms with van der Waals surface area (Å²) in [6, 6.07) is 8.31. The number of fused-ring (bicyclic) bond motifs is 1. The molecular formula is C15H21NO3S. The average molecular weight is 295 g/mol. The van der Waals surface area contributed by atoms with E-state index in [1.54, 1.807) is 11.8 Å². The van der Waals surface area contributed by atoms with E-state index in [-0.39, 0.29) is 17.3 Å². The average Bonchev–Trinajstić information content (AvgIpc) is 2.50. The van der Waals surface area contributed by atoms with Crippen molar-refractivity contribution in [3.8, 4) is 5.75 Å². The van der Waals surface area contributed by atoms with Gasteiger partial charge in [-0.1, -0.05) is 25.1 Å². The van der Waals surface area contributed by atoms with Gasteiger partial charge in [0.25, 0.3) is 0 Å². The van der Waals surface area contributed by atoms with Crippen molar-refractivity contribution in [3.05, 3.63) is 29.8 Å². The lowest BCUT2D eigenvalue weighted by atomic mass is 10.00. The van der Waals surface area contributed by atoms with Crippen LogP contribution in [0.1, 0.15) is 24.9 Å². The van der Waals surface area contributed by atoms with Crippen LogP contribution in [0.15, 0.2) is 24.3 Å². The Bertz CT molecular complexity index is 452. The van der Waals surface area contributed by atoms with Crippen LogP contribution in [-0.4, -0.2) is 37.2 Å². The van der Waals surface area contributed by atoms with Crippen LogP contribution in [-0.2, 0) is 9.53 Å². The van der Waals surface area contributed by atoms with Crippen LogP contribution in [0.2, 0.25) is 0 Å². The van der Waals surface area contributed by atoms with Gasteiger partial charge in [0, 0.05) is 5.56 Å². The van der Waals surface area contributed by atoms with E-state index in [1.165, 1.54) is 12.7 Å². The second-order valence-corrected chi connectivity index (χ2v) is 5.93. The molecule has 0 radical (unpaired) electrons. The van der Waals surface area contributed by atoms with E-state index in [9.17, 15) is 4.79 Å². The molecule has 0 saturated carbocycles. The number of ether oxygens (including phenoxy) is 2. The van der Waals surface area contributed by atoms with E-state index < -0.39 is 0 Å². The zero-order chi connectivity index (χ0) is 14.4. The Kier molecular flexibility index (Phi) is 5.73. The highest BCUT2D eigenvalue weighted by atomic mass is 32.2. The first kappa shape index (κ1) is 15.2. The zero-order valence-electron chi connectivity index (χ0n) is 11.9. The molecule has 5 heteroatoms. The maximum absolute atomic E-state index is 11.3. The molecule has 4 nitrogen and oxygen atoms in total. The molecule has 1 N–H and O–H groups in total. The Labute approximate surface area is 124 Å². The monoisotopic (exact) mass is 295 g/mol. The molecule has 0 aromatic heterocycles. The molecule has 0 fully saturated rings. The maximum Gasteiger partial charge on any atom is 0.315 e. The van der Waals surface area contributed by atoms with Gasteiger partial charge in [0.05, 0.1) is 24.2 Å². The van der Waals surface area contributed by atoms with Gasteiger partial charge in [-0.25, -0.2) is 0 Å². The number of carbonyl (C=O) groups is 1. The highest BCUT2D eigenvalue weighted by Crippen LogP contribution is 2.37. The molecule has 0 bridgehead atoms. The fraction of sp³-hybridized carbons (Fsp3) is 0.533. The second kappa shape index (κ2) is 7.55. The molecule has 0 aliphatic carbocycles. The van der Waals surface area contributed by atoms with Crippen LogP contribution in [0.3, 0.4) is 0 Å². The van der Waals surface area contributed by atoms with Crippen LogP contribution in [0.5, 0.6) is 5.75 Å². The Morgan fingerprint density at radius 1 is 1.50 bits per heavy atom. The van der Waals surface area contributed by atoms with Gasteiger partial charge in [0.2, 0.25) is 0 Å². The number of hydrogen-bond donors (Lipinski definition) is 1. The Morgan fingerprint density at radius 3 is 3.05 bits per heavy atom. The van der Waals surface area contributed by atoms with E-state index in [1.807, 2.05) is 18.2 Å². The number of methoxy groups -OCH3 is 1. The van der Waals surface area contributed by atoms with E-state index in [4.69, 9.17) is 9.47 Å². The van der Waals surface area contributed by atoms with Gasteiger partial charge >= 0.3 is 5.97 Å². The Morgan fingerprint density at radius 2 is 2.30 bits per heavy atom. The minimum absolute atomic E-state index is 0.192. The SMILES string of the molecule is CCCNC1c2ccccc2OCC1SCC(=O)OC. The lowest BCUT2D eigenvalue weighted by molar-refractivity contribution is -0.137. The van der Waals surface area contributed by atoms with Crippen molar-refractivity contribution < 1.29 is 14.3 Å². The number of para-hydroxylation sites is 1. The fourth-order valence-electron chi connectivity index (χ4n) is 2.26. The summed E-state index contributed by atoms with van der Waals surface area (Å²) in [6.45, 7) is 3.71. The minimum atomic E-state index is -0.192. The van der Waals surface area contributed by atoms with Gasteiger partial charge in [0.1, 0.15) is 12.4 Å². The predicted octanol–water partition coefficient (Wildman–Crippen LogP) is 2.39. The van der Waals surface area contributed by atoms with Crippen molar-refractivity contribution in [1.29, 1.82) is 0 Å². The lowest BCUT2D eigenvalue weighted by Gasteiger charge is -2.33. The second-order valence-electron chi connectivity index (χ2n) is 4.71. The highest BCUT2D eigenvalue weighted by molar-refractivity contribution is 8.00. The summed E-state index contributed by atoms with van der Waals surface area (Å²) in [7, 11) is 1.42. The van der Waals surface area contributed by atoms with Crippen LogP contribution in [0.25, 0.3) is 0 Å². The number of benzene rings is 1. The molecule has 1 aliphatic rings. The van der Waals surface area contributed by atoms with Crippen molar-refractivity contribution >= 4 is 17.7 Å². The zero-order valence-corrected chi connectivity index (χ0v) is 12.7. The molecular weight excluding hydrogens is 274 g/mol. The number of carbonyl (C=O) groups excluding carboxylic acids is 1. The van der Waals surface area contributed by atoms with Gasteiger partial charge in [0.15, 0.2) is 0 Å². The Hall–Kier alpha value is -1.20. The first-order chi connectivity index (χ1) is 9.76. The number of rotatable bonds is 6. The van der Waals surface area contributed by atoms with E-state index in [0.717, 1.165) is 18.7 Å². The molecule has 1 aromatic carbocycles. The van der Waals surface area contributed by atoms with Gasteiger partial charge in [-0.05, 0) is 19.0 Å². The summed E-state index contributed by atoms with van der Waals surface area (Å²) < 4.78 is 10.5. The molecule has 0 amide bonds. The van der Waals surface area contributed by atoms with E-state index in [0.29, 0.717) is 12.4 Å². The van der Waals surface area contributed by atoms with Crippen LogP contribution >= 0.6 is 11.8 Å². The molecule has 1 heterocycles. The van der Waals surface area contributed by atoms with Gasteiger partial charge < -0.3 is 14.8 Å². The molecule has 2 atom stereocenters. The van der Waals surface area contributed by atoms with E-state index in [2.05, 4.69) is 18.3 Å². The molecule has 20 heavy (non-hydrogen) atoms. The number of thioether (sulfide) groups is 1. The molecule has 1 aliphatic heterocycles. The third-order valence-electron chi connectivity index (χ3n) is 3.29. The summed E-state index contributed by atoms with van der Waals surface area (Å²) in [6.07, 6.45) is 1.08. The molecule has 2 unspecified atom stereocenters. The summed E-state index contributed by atoms with van der Waals surface area (Å²) in [5, 5.41) is 3.78. The summed E-state index contributed by atoms with van der Waals surface area (Å²) in [4.78, 5) is 11.3. The number of nitrogens with one attached hydrogen (secondary N) is 1. The standard InChI is InChI=1S/C15H21NO3S/c1-3-8-16-15-11-6-4-5-7-12(11)19-9-13(15)20-10-14(17)18-2/h4-7,13,15-16H,3,8-10H2,1-2H3. The summed E-state index contributed by atoms with van der Waals surface area (Å²) in [5.41, 5.74) is 1.18. The van der Waals surface area contributed by atoms with Crippen LogP contribution in [0, 0.1) is 0 Å². The fourth-order valence-corrected chi connectivity index (χ4v) is 3.32. The predicted molar refractivity (Wildman–Crippen MR) is 81.2 cm³/mol. The van der Waals surface area contributed by atoms with Gasteiger partial charge in [-0.15, -0.1) is 11.8 Å². The minimum Gasteiger partial charge on any atom is -0.492 e. The topological polar surface area (TPSA) is 47.6 Å². The van der Waals surface area contributed by atoms with Crippen LogP contribution < -0.4 is 10.1 Å². The first-order valence-corrected chi connectivity index (χ1v) is 7.94. The van der Waals surface area contributed by atoms with Gasteiger partial charge in [-0.3, -0.25) is 4.79 Å². The molecule has 1 aromatic rings. The van der Waals surface area contributed by atoms with Gasteiger partial charge in [-0.2, -0.15) is 0 Å². The summed E-state index contributed by atoms with van der Waals surface area (Å²) in [5.74, 6) is 1.11. The maximum atomic E-state index is 11.3. The first-order valence-electron chi connectivity index (χ1n) is 6.89. The van der Waals surface area contributed by atoms with E-state index >= 15 is 0 Å². The number of esters is 1. The quantitative estimate of drug-likeness (QED) is 0.817. The molecule has 0 spiro atoms. The third-order valence-corrected chi connectivity index (χ3v) is 4.52. The van der Waals surface area contributed by atoms with Crippen molar-refractivity contribution in [3.63, 3.8) is 0 Å². The largest absolute Gasteiger partial charge is 0.492 e. The highest BCUT2D eigenvalue weighted by Gasteiger charge is 2.31. The summed E-state index contributed by atoms with van der Waals surface area (Å²) >= 11 is 1.59. The molecule has 110 valence electrons. The normalized spacial score (nSPS) is 20.9. The number of hydrogen-bond acceptors (Lipinski definition) is 5. The van der Waals surface area contributed by atoms with Crippen molar-refractivity contribution in [2.45, 2.75) is 24.6 Å². The molecule has 0 saturated heterocycles. The molecule has 2 rings (SSSR count). The Balaban J connectivity index is 2.09. The van der Waals surface area contributed by atoms with Crippen molar-refractivity contribution in [2.75, 3.05) is 26.0 Å². The smallest absolute Gasteiger partial charge is 0.315 e.